The first-order valence-electron chi connectivity index (χ1n) is 10.7. The minimum Gasteiger partial charge on any atom is -0.497 e. The van der Waals surface area contributed by atoms with Crippen molar-refractivity contribution < 1.29 is 36.6 Å². The second kappa shape index (κ2) is 11.6. The lowest BCUT2D eigenvalue weighted by Gasteiger charge is -2.24. The molecule has 9 nitrogen and oxygen atoms in total. The Morgan fingerprint density at radius 2 is 1.50 bits per heavy atom. The van der Waals surface area contributed by atoms with Gasteiger partial charge in [-0.05, 0) is 54.1 Å². The molecule has 36 heavy (non-hydrogen) atoms. The van der Waals surface area contributed by atoms with E-state index < -0.39 is 28.3 Å². The fourth-order valence-electron chi connectivity index (χ4n) is 3.45. The van der Waals surface area contributed by atoms with E-state index in [2.05, 4.69) is 5.32 Å². The summed E-state index contributed by atoms with van der Waals surface area (Å²) in [5, 5.41) is 2.66. The Labute approximate surface area is 209 Å². The highest BCUT2D eigenvalue weighted by atomic mass is 32.2. The van der Waals surface area contributed by atoms with E-state index in [1.54, 1.807) is 12.1 Å². The Hall–Kier alpha value is -3.99. The first-order valence-corrected chi connectivity index (χ1v) is 12.2. The van der Waals surface area contributed by atoms with Gasteiger partial charge in [-0.25, -0.2) is 12.8 Å². The van der Waals surface area contributed by atoms with Crippen molar-refractivity contribution in [2.24, 2.45) is 0 Å². The standard InChI is InChI=1S/C25H27FN2O7S/c1-32-18-9-11-19(12-10-18)36(30,31)28(21-8-6-5-7-20(21)26)16-24(29)27-15-17-13-22(33-2)25(35-4)23(14-17)34-3/h5-14H,15-16H2,1-4H3,(H,27,29). The summed E-state index contributed by atoms with van der Waals surface area (Å²) in [6.45, 7) is -0.622. The van der Waals surface area contributed by atoms with E-state index in [1.165, 1.54) is 70.9 Å². The third-order valence-corrected chi connectivity index (χ3v) is 7.04. The van der Waals surface area contributed by atoms with Gasteiger partial charge in [-0.1, -0.05) is 12.1 Å². The summed E-state index contributed by atoms with van der Waals surface area (Å²) < 4.78 is 63.2. The molecular weight excluding hydrogens is 491 g/mol. The van der Waals surface area contributed by atoms with Crippen molar-refractivity contribution in [2.45, 2.75) is 11.4 Å². The molecule has 0 spiro atoms. The Morgan fingerprint density at radius 3 is 2.03 bits per heavy atom. The number of anilines is 1. The lowest BCUT2D eigenvalue weighted by atomic mass is 10.1. The van der Waals surface area contributed by atoms with Crippen molar-refractivity contribution in [2.75, 3.05) is 39.3 Å². The molecule has 0 aliphatic rings. The third-order valence-electron chi connectivity index (χ3n) is 5.27. The van der Waals surface area contributed by atoms with Crippen LogP contribution in [0.3, 0.4) is 0 Å². The molecule has 0 atom stereocenters. The average molecular weight is 519 g/mol. The Balaban J connectivity index is 1.87. The summed E-state index contributed by atoms with van der Waals surface area (Å²) in [6, 6.07) is 14.3. The lowest BCUT2D eigenvalue weighted by Crippen LogP contribution is -2.41. The highest BCUT2D eigenvalue weighted by molar-refractivity contribution is 7.92. The SMILES string of the molecule is COc1ccc(S(=O)(=O)N(CC(=O)NCc2cc(OC)c(OC)c(OC)c2)c2ccccc2F)cc1. The number of sulfonamides is 1. The van der Waals surface area contributed by atoms with Gasteiger partial charge in [-0.3, -0.25) is 9.10 Å². The number of nitrogens with one attached hydrogen (secondary N) is 1. The molecule has 0 aliphatic carbocycles. The number of carbonyl (C=O) groups excluding carboxylic acids is 1. The molecule has 1 amide bonds. The number of halogens is 1. The monoisotopic (exact) mass is 518 g/mol. The quantitative estimate of drug-likeness (QED) is 0.415. The smallest absolute Gasteiger partial charge is 0.264 e. The van der Waals surface area contributed by atoms with Gasteiger partial charge in [-0.15, -0.1) is 0 Å². The van der Waals surface area contributed by atoms with E-state index in [1.807, 2.05) is 0 Å². The molecule has 0 saturated carbocycles. The predicted octanol–water partition coefficient (Wildman–Crippen LogP) is 3.37. The number of nitrogens with zero attached hydrogens (tertiary/aromatic N) is 1. The molecule has 0 aromatic heterocycles. The van der Waals surface area contributed by atoms with Crippen molar-refractivity contribution in [3.05, 3.63) is 72.0 Å². The molecule has 11 heteroatoms. The van der Waals surface area contributed by atoms with Crippen LogP contribution in [-0.2, 0) is 21.4 Å². The fourth-order valence-corrected chi connectivity index (χ4v) is 4.88. The number of carbonyl (C=O) groups is 1. The highest BCUT2D eigenvalue weighted by Gasteiger charge is 2.29. The minimum atomic E-state index is -4.29. The zero-order valence-corrected chi connectivity index (χ0v) is 21.1. The number of methoxy groups -OCH3 is 4. The summed E-state index contributed by atoms with van der Waals surface area (Å²) in [5.74, 6) is 0.212. The Kier molecular flexibility index (Phi) is 8.59. The second-order valence-electron chi connectivity index (χ2n) is 7.45. The molecule has 0 unspecified atom stereocenters. The maximum absolute atomic E-state index is 14.6. The number of hydrogen-bond acceptors (Lipinski definition) is 7. The largest absolute Gasteiger partial charge is 0.497 e. The fraction of sp³-hybridized carbons (Fsp3) is 0.240. The summed E-state index contributed by atoms with van der Waals surface area (Å²) in [4.78, 5) is 12.8. The van der Waals surface area contributed by atoms with Gasteiger partial charge in [-0.2, -0.15) is 0 Å². The minimum absolute atomic E-state index is 0.0310. The third kappa shape index (κ3) is 5.80. The van der Waals surface area contributed by atoms with E-state index in [4.69, 9.17) is 18.9 Å². The van der Waals surface area contributed by atoms with Crippen LogP contribution < -0.4 is 28.6 Å². The number of benzene rings is 3. The zero-order valence-electron chi connectivity index (χ0n) is 20.3. The van der Waals surface area contributed by atoms with Crippen LogP contribution >= 0.6 is 0 Å². The molecule has 1 N–H and O–H groups in total. The van der Waals surface area contributed by atoms with E-state index >= 15 is 0 Å². The van der Waals surface area contributed by atoms with Crippen LogP contribution in [0, 0.1) is 5.82 Å². The van der Waals surface area contributed by atoms with Crippen LogP contribution in [0.15, 0.2) is 65.6 Å². The van der Waals surface area contributed by atoms with Crippen LogP contribution in [0.2, 0.25) is 0 Å². The topological polar surface area (TPSA) is 103 Å². The van der Waals surface area contributed by atoms with Gasteiger partial charge in [0.2, 0.25) is 11.7 Å². The maximum atomic E-state index is 14.6. The zero-order chi connectivity index (χ0) is 26.3. The van der Waals surface area contributed by atoms with Crippen LogP contribution in [0.5, 0.6) is 23.0 Å². The molecule has 0 fully saturated rings. The van der Waals surface area contributed by atoms with E-state index in [9.17, 15) is 17.6 Å². The normalized spacial score (nSPS) is 10.9. The molecule has 192 valence electrons. The molecule has 3 aromatic rings. The maximum Gasteiger partial charge on any atom is 0.264 e. The van der Waals surface area contributed by atoms with Crippen molar-refractivity contribution in [3.63, 3.8) is 0 Å². The molecule has 0 saturated heterocycles. The predicted molar refractivity (Wildman–Crippen MR) is 132 cm³/mol. The van der Waals surface area contributed by atoms with Gasteiger partial charge in [0.25, 0.3) is 10.0 Å². The van der Waals surface area contributed by atoms with Gasteiger partial charge in [0, 0.05) is 6.54 Å². The lowest BCUT2D eigenvalue weighted by molar-refractivity contribution is -0.119. The van der Waals surface area contributed by atoms with Crippen molar-refractivity contribution in [3.8, 4) is 23.0 Å². The molecular formula is C25H27FN2O7S. The highest BCUT2D eigenvalue weighted by Crippen LogP contribution is 2.38. The number of hydrogen-bond donors (Lipinski definition) is 1. The average Bonchev–Trinajstić information content (AvgIpc) is 2.90. The van der Waals surface area contributed by atoms with E-state index in [0.29, 0.717) is 28.6 Å². The van der Waals surface area contributed by atoms with E-state index in [0.717, 1.165) is 10.4 Å². The molecule has 0 aliphatic heterocycles. The number of ether oxygens (including phenoxy) is 4. The Bertz CT molecular complexity index is 1290. The first-order chi connectivity index (χ1) is 17.2. The van der Waals surface area contributed by atoms with Crippen LogP contribution in [0.1, 0.15) is 5.56 Å². The van der Waals surface area contributed by atoms with Crippen LogP contribution in [0.25, 0.3) is 0 Å². The van der Waals surface area contributed by atoms with Crippen molar-refractivity contribution >= 4 is 21.6 Å². The number of amides is 1. The molecule has 0 radical (unpaired) electrons. The van der Waals surface area contributed by atoms with Crippen LogP contribution in [-0.4, -0.2) is 49.3 Å². The molecule has 0 bridgehead atoms. The van der Waals surface area contributed by atoms with Crippen molar-refractivity contribution in [1.82, 2.24) is 5.32 Å². The number of para-hydroxylation sites is 1. The van der Waals surface area contributed by atoms with Gasteiger partial charge >= 0.3 is 0 Å². The molecule has 3 aromatic carbocycles. The van der Waals surface area contributed by atoms with Crippen LogP contribution in [0.4, 0.5) is 10.1 Å². The van der Waals surface area contributed by atoms with Gasteiger partial charge in [0.1, 0.15) is 18.1 Å². The molecule has 3 rings (SSSR count). The van der Waals surface area contributed by atoms with Crippen molar-refractivity contribution in [1.29, 1.82) is 0 Å². The molecule has 0 heterocycles. The van der Waals surface area contributed by atoms with Gasteiger partial charge in [0.05, 0.1) is 39.0 Å². The summed E-state index contributed by atoms with van der Waals surface area (Å²) in [5.41, 5.74) is 0.365. The Morgan fingerprint density at radius 1 is 0.889 bits per heavy atom. The number of rotatable bonds is 11. The second-order valence-corrected chi connectivity index (χ2v) is 9.31. The summed E-state index contributed by atoms with van der Waals surface area (Å²) in [6.07, 6.45) is 0. The van der Waals surface area contributed by atoms with E-state index in [-0.39, 0.29) is 17.1 Å². The van der Waals surface area contributed by atoms with Gasteiger partial charge in [0.15, 0.2) is 11.5 Å². The summed E-state index contributed by atoms with van der Waals surface area (Å²) >= 11 is 0. The van der Waals surface area contributed by atoms with Gasteiger partial charge < -0.3 is 24.3 Å². The summed E-state index contributed by atoms with van der Waals surface area (Å²) in [7, 11) is 1.57. The first kappa shape index (κ1) is 26.6.